The van der Waals surface area contributed by atoms with Gasteiger partial charge in [-0.3, -0.25) is 9.59 Å². The molecule has 0 radical (unpaired) electrons. The highest BCUT2D eigenvalue weighted by molar-refractivity contribution is 6.12. The topological polar surface area (TPSA) is 90.9 Å². The largest absolute Gasteiger partial charge is 0.494 e. The Morgan fingerprint density at radius 2 is 1.85 bits per heavy atom. The van der Waals surface area contributed by atoms with Crippen molar-refractivity contribution in [2.24, 2.45) is 11.8 Å². The normalized spacial score (nSPS) is 23.5. The van der Waals surface area contributed by atoms with Crippen LogP contribution in [0.5, 0.6) is 5.75 Å². The molecule has 0 fully saturated rings. The second-order valence-electron chi connectivity index (χ2n) is 8.66. The number of hydrogen-bond donors (Lipinski definition) is 1. The highest BCUT2D eigenvalue weighted by Crippen LogP contribution is 2.45. The first-order chi connectivity index (χ1) is 15.7. The van der Waals surface area contributed by atoms with Gasteiger partial charge in [-0.2, -0.15) is 0 Å². The van der Waals surface area contributed by atoms with E-state index in [9.17, 15) is 14.4 Å². The van der Waals surface area contributed by atoms with Gasteiger partial charge in [-0.05, 0) is 57.2 Å². The molecule has 1 aliphatic carbocycles. The van der Waals surface area contributed by atoms with Gasteiger partial charge in [-0.25, -0.2) is 4.79 Å². The van der Waals surface area contributed by atoms with Crippen LogP contribution in [0.25, 0.3) is 0 Å². The van der Waals surface area contributed by atoms with Gasteiger partial charge >= 0.3 is 11.9 Å². The third-order valence-corrected chi connectivity index (χ3v) is 6.37. The molecular weight excluding hydrogens is 422 g/mol. The highest BCUT2D eigenvalue weighted by atomic mass is 16.5. The van der Waals surface area contributed by atoms with E-state index in [1.165, 1.54) is 7.11 Å². The highest BCUT2D eigenvalue weighted by Gasteiger charge is 2.47. The first kappa shape index (κ1) is 24.6. The Kier molecular flexibility index (Phi) is 7.61. The van der Waals surface area contributed by atoms with Crippen molar-refractivity contribution < 1.29 is 28.6 Å². The second kappa shape index (κ2) is 10.2. The molecular formula is C26H33NO6. The number of dihydropyridines is 1. The molecule has 0 saturated heterocycles. The van der Waals surface area contributed by atoms with E-state index in [4.69, 9.17) is 14.2 Å². The van der Waals surface area contributed by atoms with Crippen molar-refractivity contribution in [1.82, 2.24) is 5.32 Å². The van der Waals surface area contributed by atoms with E-state index in [1.54, 1.807) is 0 Å². The van der Waals surface area contributed by atoms with E-state index in [0.717, 1.165) is 11.3 Å². The summed E-state index contributed by atoms with van der Waals surface area (Å²) in [5, 5.41) is 3.27. The maximum Gasteiger partial charge on any atom is 0.337 e. The van der Waals surface area contributed by atoms with E-state index < -0.39 is 23.8 Å². The average molecular weight is 456 g/mol. The lowest BCUT2D eigenvalue weighted by Gasteiger charge is -2.38. The number of benzene rings is 1. The average Bonchev–Trinajstić information content (AvgIpc) is 2.78. The summed E-state index contributed by atoms with van der Waals surface area (Å²) >= 11 is 0. The Bertz CT molecular complexity index is 991. The zero-order valence-electron chi connectivity index (χ0n) is 20.2. The van der Waals surface area contributed by atoms with Crippen LogP contribution in [-0.2, 0) is 23.9 Å². The molecule has 33 heavy (non-hydrogen) atoms. The van der Waals surface area contributed by atoms with E-state index >= 15 is 0 Å². The minimum atomic E-state index is -0.911. The number of ether oxygens (including phenoxy) is 3. The summed E-state index contributed by atoms with van der Waals surface area (Å²) in [6, 6.07) is 7.35. The minimum absolute atomic E-state index is 0.224. The predicted octanol–water partition coefficient (Wildman–Crippen LogP) is 4.04. The van der Waals surface area contributed by atoms with Crippen LogP contribution < -0.4 is 10.1 Å². The number of Topliss-reactive ketones (excluding diaryl/α,β-unsaturated/α-hetero) is 1. The molecule has 0 aromatic heterocycles. The molecule has 1 aromatic carbocycles. The molecule has 3 rings (SSSR count). The van der Waals surface area contributed by atoms with E-state index in [1.807, 2.05) is 58.9 Å². The molecule has 178 valence electrons. The summed E-state index contributed by atoms with van der Waals surface area (Å²) in [5.41, 5.74) is 2.95. The van der Waals surface area contributed by atoms with Crippen molar-refractivity contribution >= 4 is 17.7 Å². The molecule has 0 amide bonds. The maximum atomic E-state index is 13.7. The first-order valence-corrected chi connectivity index (χ1v) is 11.5. The standard InChI is InChI=1S/C26H33NO6/c1-7-15(4)33-26(30)21-16(5)27-19-13-14(3)20(25(29)31-6)24(28)23(19)22(21)17-9-11-18(12-10-17)32-8-2/h9-12,14-15,20,22,27H,7-8,13H2,1-6H3/t14-,15-,20-,22-/m1/s1. The van der Waals surface area contributed by atoms with Crippen molar-refractivity contribution in [2.45, 2.75) is 59.5 Å². The van der Waals surface area contributed by atoms with Crippen molar-refractivity contribution in [2.75, 3.05) is 13.7 Å². The number of allylic oxidation sites excluding steroid dienone is 3. The lowest BCUT2D eigenvalue weighted by Crippen LogP contribution is -2.43. The third kappa shape index (κ3) is 4.82. The van der Waals surface area contributed by atoms with E-state index in [0.29, 0.717) is 42.0 Å². The molecule has 7 nitrogen and oxygen atoms in total. The summed E-state index contributed by atoms with van der Waals surface area (Å²) in [6.07, 6.45) is 0.909. The number of rotatable bonds is 7. The summed E-state index contributed by atoms with van der Waals surface area (Å²) < 4.78 is 16.2. The Labute approximate surface area is 195 Å². The molecule has 7 heteroatoms. The summed E-state index contributed by atoms with van der Waals surface area (Å²) in [7, 11) is 1.29. The van der Waals surface area contributed by atoms with E-state index in [2.05, 4.69) is 5.32 Å². The fraction of sp³-hybridized carbons (Fsp3) is 0.500. The van der Waals surface area contributed by atoms with Crippen molar-refractivity contribution in [3.05, 3.63) is 52.4 Å². The number of carbonyl (C=O) groups is 3. The fourth-order valence-corrected chi connectivity index (χ4v) is 4.54. The predicted molar refractivity (Wildman–Crippen MR) is 123 cm³/mol. The van der Waals surface area contributed by atoms with Gasteiger partial charge in [0.05, 0.1) is 25.4 Å². The molecule has 2 aliphatic rings. The van der Waals surface area contributed by atoms with Crippen LogP contribution in [0, 0.1) is 11.8 Å². The monoisotopic (exact) mass is 455 g/mol. The molecule has 0 saturated carbocycles. The lowest BCUT2D eigenvalue weighted by atomic mass is 9.69. The number of methoxy groups -OCH3 is 1. The smallest absolute Gasteiger partial charge is 0.337 e. The summed E-state index contributed by atoms with van der Waals surface area (Å²) in [5.74, 6) is -2.43. The van der Waals surface area contributed by atoms with Crippen LogP contribution in [0.3, 0.4) is 0 Å². The summed E-state index contributed by atoms with van der Waals surface area (Å²) in [4.78, 5) is 39.4. The second-order valence-corrected chi connectivity index (χ2v) is 8.66. The Hall–Kier alpha value is -3.09. The van der Waals surface area contributed by atoms with Gasteiger partial charge in [0.2, 0.25) is 0 Å². The molecule has 1 heterocycles. The van der Waals surface area contributed by atoms with Crippen molar-refractivity contribution in [1.29, 1.82) is 0 Å². The van der Waals surface area contributed by atoms with Gasteiger partial charge < -0.3 is 19.5 Å². The van der Waals surface area contributed by atoms with Gasteiger partial charge in [0, 0.05) is 22.9 Å². The number of nitrogens with one attached hydrogen (secondary N) is 1. The van der Waals surface area contributed by atoms with E-state index in [-0.39, 0.29) is 17.8 Å². The molecule has 1 aliphatic heterocycles. The van der Waals surface area contributed by atoms with Crippen LogP contribution >= 0.6 is 0 Å². The number of esters is 2. The first-order valence-electron chi connectivity index (χ1n) is 11.5. The zero-order chi connectivity index (χ0) is 24.3. The third-order valence-electron chi connectivity index (χ3n) is 6.37. The molecule has 4 atom stereocenters. The zero-order valence-corrected chi connectivity index (χ0v) is 20.2. The molecule has 1 N–H and O–H groups in total. The van der Waals surface area contributed by atoms with Crippen LogP contribution in [0.2, 0.25) is 0 Å². The van der Waals surface area contributed by atoms with Crippen molar-refractivity contribution in [3.63, 3.8) is 0 Å². The van der Waals surface area contributed by atoms with Crippen LogP contribution in [0.15, 0.2) is 46.8 Å². The Balaban J connectivity index is 2.14. The summed E-state index contributed by atoms with van der Waals surface area (Å²) in [6.45, 7) is 9.90. The van der Waals surface area contributed by atoms with Gasteiger partial charge in [-0.1, -0.05) is 26.0 Å². The fourth-order valence-electron chi connectivity index (χ4n) is 4.54. The Morgan fingerprint density at radius 1 is 1.18 bits per heavy atom. The van der Waals surface area contributed by atoms with Gasteiger partial charge in [0.25, 0.3) is 0 Å². The molecule has 1 aromatic rings. The van der Waals surface area contributed by atoms with Gasteiger partial charge in [0.15, 0.2) is 5.78 Å². The number of hydrogen-bond acceptors (Lipinski definition) is 7. The maximum absolute atomic E-state index is 13.7. The molecule has 0 spiro atoms. The minimum Gasteiger partial charge on any atom is -0.494 e. The van der Waals surface area contributed by atoms with Crippen LogP contribution in [0.4, 0.5) is 0 Å². The number of carbonyl (C=O) groups excluding carboxylic acids is 3. The quantitative estimate of drug-likeness (QED) is 0.490. The van der Waals surface area contributed by atoms with Gasteiger partial charge in [-0.15, -0.1) is 0 Å². The molecule has 0 unspecified atom stereocenters. The molecule has 0 bridgehead atoms. The van der Waals surface area contributed by atoms with Crippen LogP contribution in [0.1, 0.15) is 58.9 Å². The number of ketones is 1. The van der Waals surface area contributed by atoms with Crippen molar-refractivity contribution in [3.8, 4) is 5.75 Å². The van der Waals surface area contributed by atoms with Crippen LogP contribution in [-0.4, -0.2) is 37.5 Å². The lowest BCUT2D eigenvalue weighted by molar-refractivity contribution is -0.151. The van der Waals surface area contributed by atoms with Gasteiger partial charge in [0.1, 0.15) is 11.7 Å². The Morgan fingerprint density at radius 3 is 2.42 bits per heavy atom. The SMILES string of the molecule is CCOc1ccc([C@@H]2C(C(=O)O[C@H](C)CC)=C(C)NC3=C2C(=O)[C@H](C(=O)OC)[C@H](C)C3)cc1.